The van der Waals surface area contributed by atoms with Crippen LogP contribution >= 0.6 is 0 Å². The lowest BCUT2D eigenvalue weighted by molar-refractivity contribution is -0.132. The van der Waals surface area contributed by atoms with Gasteiger partial charge in [0.2, 0.25) is 5.91 Å². The van der Waals surface area contributed by atoms with Crippen LogP contribution in [0, 0.1) is 11.8 Å². The summed E-state index contributed by atoms with van der Waals surface area (Å²) >= 11 is 0. The summed E-state index contributed by atoms with van der Waals surface area (Å²) in [7, 11) is 0. The van der Waals surface area contributed by atoms with E-state index >= 15 is 0 Å². The van der Waals surface area contributed by atoms with Crippen molar-refractivity contribution in [2.75, 3.05) is 26.3 Å². The van der Waals surface area contributed by atoms with Gasteiger partial charge in [-0.05, 0) is 30.7 Å². The minimum absolute atomic E-state index is 0.194. The molecule has 28 heavy (non-hydrogen) atoms. The standard InChI is InChI=1S/C20H26N6O2/c1-2-14-11-25(18(27)9-13-4-7-28-8-5-13)12-15(14)20-24-23-17-10-22-19-16(26(17)20)3-6-21-19/h3,6,10,13-15,21H,2,4-5,7-9,11-12H2,1H3. The maximum absolute atomic E-state index is 13.0. The van der Waals surface area contributed by atoms with Gasteiger partial charge in [0.05, 0.1) is 11.7 Å². The molecular weight excluding hydrogens is 356 g/mol. The van der Waals surface area contributed by atoms with E-state index < -0.39 is 0 Å². The van der Waals surface area contributed by atoms with Crippen LogP contribution < -0.4 is 0 Å². The van der Waals surface area contributed by atoms with E-state index in [9.17, 15) is 4.79 Å². The second kappa shape index (κ2) is 7.16. The van der Waals surface area contributed by atoms with Crippen LogP contribution in [-0.4, -0.2) is 61.7 Å². The Morgan fingerprint density at radius 1 is 1.29 bits per heavy atom. The number of likely N-dealkylation sites (tertiary alicyclic amines) is 1. The number of carbonyl (C=O) groups is 1. The van der Waals surface area contributed by atoms with Crippen molar-refractivity contribution in [3.63, 3.8) is 0 Å². The van der Waals surface area contributed by atoms with Crippen LogP contribution in [0.4, 0.5) is 0 Å². The summed E-state index contributed by atoms with van der Waals surface area (Å²) in [6.45, 7) is 5.28. The highest BCUT2D eigenvalue weighted by atomic mass is 16.5. The predicted molar refractivity (Wildman–Crippen MR) is 104 cm³/mol. The van der Waals surface area contributed by atoms with E-state index in [1.54, 1.807) is 6.20 Å². The first kappa shape index (κ1) is 17.6. The van der Waals surface area contributed by atoms with Crippen LogP contribution in [0.3, 0.4) is 0 Å². The number of hydrogen-bond donors (Lipinski definition) is 1. The second-order valence-corrected chi connectivity index (χ2v) is 8.05. The average molecular weight is 382 g/mol. The Morgan fingerprint density at radius 2 is 2.14 bits per heavy atom. The van der Waals surface area contributed by atoms with Crippen molar-refractivity contribution in [2.45, 2.75) is 38.5 Å². The molecule has 148 valence electrons. The fourth-order valence-electron chi connectivity index (χ4n) is 4.75. The van der Waals surface area contributed by atoms with Crippen molar-refractivity contribution >= 4 is 22.7 Å². The zero-order valence-corrected chi connectivity index (χ0v) is 16.2. The van der Waals surface area contributed by atoms with E-state index in [0.29, 0.717) is 18.3 Å². The number of nitrogens with zero attached hydrogens (tertiary/aromatic N) is 5. The molecule has 8 heteroatoms. The molecule has 8 nitrogen and oxygen atoms in total. The molecule has 0 radical (unpaired) electrons. The molecule has 2 atom stereocenters. The molecule has 1 N–H and O–H groups in total. The fourth-order valence-corrected chi connectivity index (χ4v) is 4.75. The predicted octanol–water partition coefficient (Wildman–Crippen LogP) is 2.37. The van der Waals surface area contributed by atoms with Gasteiger partial charge >= 0.3 is 0 Å². The molecule has 2 unspecified atom stereocenters. The highest BCUT2D eigenvalue weighted by molar-refractivity contribution is 5.77. The van der Waals surface area contributed by atoms with E-state index in [4.69, 9.17) is 4.74 Å². The molecule has 1 amide bonds. The Bertz CT molecular complexity index is 989. The van der Waals surface area contributed by atoms with Crippen LogP contribution in [0.15, 0.2) is 18.5 Å². The molecule has 2 aliphatic heterocycles. The van der Waals surface area contributed by atoms with Gasteiger partial charge in [-0.2, -0.15) is 0 Å². The molecule has 3 aromatic heterocycles. The summed E-state index contributed by atoms with van der Waals surface area (Å²) in [5.41, 5.74) is 2.57. The maximum Gasteiger partial charge on any atom is 0.222 e. The Labute approximate surface area is 163 Å². The zero-order chi connectivity index (χ0) is 19.1. The minimum atomic E-state index is 0.194. The number of carbonyl (C=O) groups excluding carboxylic acids is 1. The largest absolute Gasteiger partial charge is 0.381 e. The van der Waals surface area contributed by atoms with Gasteiger partial charge in [-0.1, -0.05) is 13.3 Å². The summed E-state index contributed by atoms with van der Waals surface area (Å²) in [5, 5.41) is 8.86. The molecule has 5 heterocycles. The number of rotatable bonds is 4. The molecule has 5 rings (SSSR count). The molecular formula is C20H26N6O2. The summed E-state index contributed by atoms with van der Waals surface area (Å²) < 4.78 is 7.52. The molecule has 2 saturated heterocycles. The van der Waals surface area contributed by atoms with Gasteiger partial charge in [-0.3, -0.25) is 9.20 Å². The number of ether oxygens (including phenoxy) is 1. The highest BCUT2D eigenvalue weighted by Gasteiger charge is 2.38. The lowest BCUT2D eigenvalue weighted by Gasteiger charge is -2.24. The normalized spacial score (nSPS) is 23.8. The molecule has 3 aromatic rings. The second-order valence-electron chi connectivity index (χ2n) is 8.05. The van der Waals surface area contributed by atoms with Gasteiger partial charge in [0, 0.05) is 44.8 Å². The molecule has 0 spiro atoms. The molecule has 0 bridgehead atoms. The third-order valence-corrected chi connectivity index (χ3v) is 6.42. The third-order valence-electron chi connectivity index (χ3n) is 6.42. The molecule has 0 aliphatic carbocycles. The van der Waals surface area contributed by atoms with Crippen LogP contribution in [-0.2, 0) is 9.53 Å². The summed E-state index contributed by atoms with van der Waals surface area (Å²) in [6.07, 6.45) is 7.28. The van der Waals surface area contributed by atoms with Crippen molar-refractivity contribution < 1.29 is 9.53 Å². The summed E-state index contributed by atoms with van der Waals surface area (Å²) in [6, 6.07) is 2.01. The van der Waals surface area contributed by atoms with Gasteiger partial charge in [-0.25, -0.2) is 4.98 Å². The number of H-pyrrole nitrogens is 1. The van der Waals surface area contributed by atoms with Crippen molar-refractivity contribution in [2.24, 2.45) is 11.8 Å². The Hall–Kier alpha value is -2.48. The van der Waals surface area contributed by atoms with Gasteiger partial charge < -0.3 is 14.6 Å². The van der Waals surface area contributed by atoms with Crippen LogP contribution in [0.25, 0.3) is 16.8 Å². The van der Waals surface area contributed by atoms with Crippen molar-refractivity contribution in [1.82, 2.24) is 29.5 Å². The maximum atomic E-state index is 13.0. The minimum Gasteiger partial charge on any atom is -0.381 e. The van der Waals surface area contributed by atoms with Crippen molar-refractivity contribution in [3.8, 4) is 0 Å². The van der Waals surface area contributed by atoms with Crippen LogP contribution in [0.2, 0.25) is 0 Å². The fraction of sp³-hybridized carbons (Fsp3) is 0.600. The first-order valence-corrected chi connectivity index (χ1v) is 10.3. The average Bonchev–Trinajstić information content (AvgIpc) is 3.44. The lowest BCUT2D eigenvalue weighted by Crippen LogP contribution is -2.32. The number of amides is 1. The van der Waals surface area contributed by atoms with Gasteiger partial charge in [0.1, 0.15) is 5.82 Å². The van der Waals surface area contributed by atoms with Crippen molar-refractivity contribution in [3.05, 3.63) is 24.3 Å². The number of nitrogens with one attached hydrogen (secondary N) is 1. The molecule has 2 fully saturated rings. The van der Waals surface area contributed by atoms with E-state index in [1.807, 2.05) is 17.2 Å². The van der Waals surface area contributed by atoms with Gasteiger partial charge in [-0.15, -0.1) is 10.2 Å². The monoisotopic (exact) mass is 382 g/mol. The smallest absolute Gasteiger partial charge is 0.222 e. The molecule has 0 aromatic carbocycles. The number of aromatic nitrogens is 5. The Kier molecular flexibility index (Phi) is 4.50. The SMILES string of the molecule is CCC1CN(C(=O)CC2CCOCC2)CC1c1nnc2cnc3[nH]ccc3n12. The quantitative estimate of drug-likeness (QED) is 0.748. The first-order valence-electron chi connectivity index (χ1n) is 10.3. The van der Waals surface area contributed by atoms with E-state index in [2.05, 4.69) is 31.5 Å². The van der Waals surface area contributed by atoms with E-state index in [1.165, 1.54) is 0 Å². The van der Waals surface area contributed by atoms with Crippen LogP contribution in [0.5, 0.6) is 0 Å². The summed E-state index contributed by atoms with van der Waals surface area (Å²) in [4.78, 5) is 22.6. The molecule has 2 aliphatic rings. The Balaban J connectivity index is 1.41. The van der Waals surface area contributed by atoms with Crippen molar-refractivity contribution in [1.29, 1.82) is 0 Å². The third kappa shape index (κ3) is 2.96. The molecule has 0 saturated carbocycles. The van der Waals surface area contributed by atoms with E-state index in [-0.39, 0.29) is 11.8 Å². The number of hydrogen-bond acceptors (Lipinski definition) is 5. The van der Waals surface area contributed by atoms with E-state index in [0.717, 1.165) is 68.2 Å². The number of aromatic amines is 1. The zero-order valence-electron chi connectivity index (χ0n) is 16.2. The first-order chi connectivity index (χ1) is 13.7. The van der Waals surface area contributed by atoms with Gasteiger partial charge in [0.25, 0.3) is 0 Å². The topological polar surface area (TPSA) is 88.4 Å². The van der Waals surface area contributed by atoms with Crippen LogP contribution in [0.1, 0.15) is 44.3 Å². The summed E-state index contributed by atoms with van der Waals surface area (Å²) in [5.74, 6) is 2.26. The van der Waals surface area contributed by atoms with Gasteiger partial charge in [0.15, 0.2) is 11.3 Å². The lowest BCUT2D eigenvalue weighted by atomic mass is 9.93. The number of fused-ring (bicyclic) bond motifs is 3. The Morgan fingerprint density at radius 3 is 2.96 bits per heavy atom. The highest BCUT2D eigenvalue weighted by Crippen LogP contribution is 2.35.